The number of aliphatic hydroxyl groups is 1. The topological polar surface area (TPSA) is 57.6 Å². The Morgan fingerprint density at radius 1 is 1.24 bits per heavy atom. The zero-order valence-electron chi connectivity index (χ0n) is 11.1. The Hall–Kier alpha value is -0.130. The number of rotatable bonds is 5. The smallest absolute Gasteiger partial charge is 0.217 e. The van der Waals surface area contributed by atoms with E-state index in [1.54, 1.807) is 13.8 Å². The summed E-state index contributed by atoms with van der Waals surface area (Å²) in [5, 5.41) is 9.54. The summed E-state index contributed by atoms with van der Waals surface area (Å²) in [4.78, 5) is 0. The van der Waals surface area contributed by atoms with Crippen LogP contribution in [0.4, 0.5) is 0 Å². The molecule has 0 unspecified atom stereocenters. The summed E-state index contributed by atoms with van der Waals surface area (Å²) >= 11 is 0. The summed E-state index contributed by atoms with van der Waals surface area (Å²) < 4.78 is 26.3. The Kier molecular flexibility index (Phi) is 4.98. The van der Waals surface area contributed by atoms with Crippen molar-refractivity contribution >= 4 is 10.0 Å². The van der Waals surface area contributed by atoms with E-state index in [4.69, 9.17) is 0 Å². The maximum absolute atomic E-state index is 12.4. The molecule has 1 aliphatic carbocycles. The van der Waals surface area contributed by atoms with Crippen molar-refractivity contribution in [2.45, 2.75) is 63.7 Å². The molecule has 0 aromatic rings. The number of nitrogens with zero attached hydrogens (tertiary/aromatic N) is 1. The highest BCUT2D eigenvalue weighted by molar-refractivity contribution is 7.89. The second-order valence-corrected chi connectivity index (χ2v) is 7.76. The van der Waals surface area contributed by atoms with Crippen molar-refractivity contribution in [3.8, 4) is 0 Å². The van der Waals surface area contributed by atoms with Crippen molar-refractivity contribution in [1.82, 2.24) is 4.31 Å². The molecule has 102 valence electrons. The number of sulfonamides is 1. The van der Waals surface area contributed by atoms with E-state index in [0.29, 0.717) is 6.54 Å². The first-order chi connectivity index (χ1) is 7.77. The lowest BCUT2D eigenvalue weighted by atomic mass is 10.0. The fraction of sp³-hybridized carbons (Fsp3) is 1.00. The summed E-state index contributed by atoms with van der Waals surface area (Å²) in [6.07, 6.45) is 4.69. The first-order valence-corrected chi connectivity index (χ1v) is 7.99. The second-order valence-electron chi connectivity index (χ2n) is 5.54. The summed E-state index contributed by atoms with van der Waals surface area (Å²) in [5.74, 6) is 0. The van der Waals surface area contributed by atoms with E-state index in [2.05, 4.69) is 0 Å². The maximum Gasteiger partial charge on any atom is 0.217 e. The van der Waals surface area contributed by atoms with E-state index in [0.717, 1.165) is 32.1 Å². The summed E-state index contributed by atoms with van der Waals surface area (Å²) in [5.41, 5.74) is -0.974. The Balaban J connectivity index is 2.78. The van der Waals surface area contributed by atoms with Crippen molar-refractivity contribution in [3.63, 3.8) is 0 Å². The van der Waals surface area contributed by atoms with Gasteiger partial charge in [-0.05, 0) is 26.7 Å². The molecule has 1 N–H and O–H groups in total. The molecule has 1 saturated carbocycles. The van der Waals surface area contributed by atoms with E-state index >= 15 is 0 Å². The van der Waals surface area contributed by atoms with E-state index in [9.17, 15) is 13.5 Å². The highest BCUT2D eigenvalue weighted by Gasteiger charge is 2.34. The van der Waals surface area contributed by atoms with Crippen LogP contribution in [0.1, 0.15) is 52.9 Å². The molecule has 4 nitrogen and oxygen atoms in total. The van der Waals surface area contributed by atoms with Gasteiger partial charge in [-0.2, -0.15) is 4.31 Å². The zero-order valence-corrected chi connectivity index (χ0v) is 12.0. The third-order valence-electron chi connectivity index (χ3n) is 3.25. The number of hydrogen-bond donors (Lipinski definition) is 1. The van der Waals surface area contributed by atoms with Gasteiger partial charge < -0.3 is 5.11 Å². The Labute approximate surface area is 105 Å². The highest BCUT2D eigenvalue weighted by Crippen LogP contribution is 2.26. The van der Waals surface area contributed by atoms with Gasteiger partial charge >= 0.3 is 0 Å². The minimum Gasteiger partial charge on any atom is -0.389 e. The normalized spacial score (nSPS) is 19.8. The van der Waals surface area contributed by atoms with Crippen LogP contribution in [0.5, 0.6) is 0 Å². The molecule has 0 atom stereocenters. The standard InChI is InChI=1S/C12H25NO3S/c1-4-13(10-12(2,3)14)17(15,16)11-8-6-5-7-9-11/h11,14H,4-10H2,1-3H3. The lowest BCUT2D eigenvalue weighted by molar-refractivity contribution is 0.0598. The van der Waals surface area contributed by atoms with Gasteiger partial charge in [-0.25, -0.2) is 8.42 Å². The third kappa shape index (κ3) is 4.23. The molecule has 1 rings (SSSR count). The molecule has 17 heavy (non-hydrogen) atoms. The molecule has 1 fully saturated rings. The minimum absolute atomic E-state index is 0.183. The van der Waals surface area contributed by atoms with Crippen LogP contribution in [0.3, 0.4) is 0 Å². The van der Waals surface area contributed by atoms with Crippen LogP contribution in [0.15, 0.2) is 0 Å². The molecule has 0 radical (unpaired) electrons. The average Bonchev–Trinajstić information content (AvgIpc) is 2.25. The molecule has 1 aliphatic rings. The van der Waals surface area contributed by atoms with Gasteiger partial charge in [0.05, 0.1) is 10.9 Å². The monoisotopic (exact) mass is 263 g/mol. The molecule has 0 heterocycles. The minimum atomic E-state index is -3.23. The van der Waals surface area contributed by atoms with Crippen molar-refractivity contribution in [3.05, 3.63) is 0 Å². The molecule has 5 heteroatoms. The summed E-state index contributed by atoms with van der Waals surface area (Å²) in [6.45, 7) is 5.73. The van der Waals surface area contributed by atoms with Crippen molar-refractivity contribution in [1.29, 1.82) is 0 Å². The molecule has 0 bridgehead atoms. The fourth-order valence-electron chi connectivity index (χ4n) is 2.39. The molecular weight excluding hydrogens is 238 g/mol. The van der Waals surface area contributed by atoms with Gasteiger partial charge in [0.25, 0.3) is 0 Å². The van der Waals surface area contributed by atoms with Crippen LogP contribution < -0.4 is 0 Å². The molecular formula is C12H25NO3S. The van der Waals surface area contributed by atoms with Gasteiger partial charge in [0.15, 0.2) is 0 Å². The van der Waals surface area contributed by atoms with Gasteiger partial charge in [0.2, 0.25) is 10.0 Å². The first kappa shape index (κ1) is 14.9. The highest BCUT2D eigenvalue weighted by atomic mass is 32.2. The SMILES string of the molecule is CCN(CC(C)(C)O)S(=O)(=O)C1CCCCC1. The van der Waals surface area contributed by atoms with E-state index in [-0.39, 0.29) is 11.8 Å². The van der Waals surface area contributed by atoms with Crippen molar-refractivity contribution < 1.29 is 13.5 Å². The van der Waals surface area contributed by atoms with Crippen molar-refractivity contribution in [2.75, 3.05) is 13.1 Å². The van der Waals surface area contributed by atoms with Gasteiger partial charge in [-0.15, -0.1) is 0 Å². The Bertz CT molecular complexity index is 326. The van der Waals surface area contributed by atoms with Gasteiger partial charge in [-0.1, -0.05) is 26.2 Å². The largest absolute Gasteiger partial charge is 0.389 e. The molecule has 0 saturated heterocycles. The molecule has 0 aromatic heterocycles. The summed E-state index contributed by atoms with van der Waals surface area (Å²) in [7, 11) is -3.23. The van der Waals surface area contributed by atoms with Crippen LogP contribution in [0, 0.1) is 0 Å². The van der Waals surface area contributed by atoms with Crippen LogP contribution in [-0.4, -0.2) is 41.8 Å². The second kappa shape index (κ2) is 5.67. The van der Waals surface area contributed by atoms with Crippen LogP contribution in [-0.2, 0) is 10.0 Å². The quantitative estimate of drug-likeness (QED) is 0.822. The third-order valence-corrected chi connectivity index (χ3v) is 5.67. The fourth-order valence-corrected chi connectivity index (χ4v) is 4.59. The van der Waals surface area contributed by atoms with E-state index < -0.39 is 15.6 Å². The molecule has 0 aromatic carbocycles. The average molecular weight is 263 g/mol. The molecule has 0 spiro atoms. The van der Waals surface area contributed by atoms with Crippen LogP contribution in [0.2, 0.25) is 0 Å². The number of likely N-dealkylation sites (N-methyl/N-ethyl adjacent to an activating group) is 1. The lowest BCUT2D eigenvalue weighted by Crippen LogP contribution is -2.46. The first-order valence-electron chi connectivity index (χ1n) is 6.48. The Morgan fingerprint density at radius 3 is 2.18 bits per heavy atom. The van der Waals surface area contributed by atoms with E-state index in [1.807, 2.05) is 6.92 Å². The van der Waals surface area contributed by atoms with Gasteiger partial charge in [-0.3, -0.25) is 0 Å². The molecule has 0 aliphatic heterocycles. The predicted octanol–water partition coefficient (Wildman–Crippen LogP) is 1.74. The zero-order chi connectivity index (χ0) is 13.1. The van der Waals surface area contributed by atoms with E-state index in [1.165, 1.54) is 4.31 Å². The Morgan fingerprint density at radius 2 is 1.76 bits per heavy atom. The van der Waals surface area contributed by atoms with Crippen LogP contribution >= 0.6 is 0 Å². The van der Waals surface area contributed by atoms with Gasteiger partial charge in [0.1, 0.15) is 0 Å². The maximum atomic E-state index is 12.4. The van der Waals surface area contributed by atoms with Gasteiger partial charge in [0, 0.05) is 13.1 Å². The van der Waals surface area contributed by atoms with Crippen molar-refractivity contribution in [2.24, 2.45) is 0 Å². The summed E-state index contributed by atoms with van der Waals surface area (Å²) in [6, 6.07) is 0. The molecule has 0 amide bonds. The lowest BCUT2D eigenvalue weighted by Gasteiger charge is -2.32. The van der Waals surface area contributed by atoms with Crippen LogP contribution in [0.25, 0.3) is 0 Å². The number of hydrogen-bond acceptors (Lipinski definition) is 3. The predicted molar refractivity (Wildman–Crippen MR) is 69.3 cm³/mol.